The fourth-order valence-electron chi connectivity index (χ4n) is 1.59. The Kier molecular flexibility index (Phi) is 4.66. The lowest BCUT2D eigenvalue weighted by atomic mass is 10.1. The van der Waals surface area contributed by atoms with Gasteiger partial charge in [0.2, 0.25) is 5.88 Å². The number of halogens is 3. The molecule has 0 N–H and O–H groups in total. The molecular weight excluding hydrogens is 351 g/mol. The summed E-state index contributed by atoms with van der Waals surface area (Å²) >= 11 is 15.6. The van der Waals surface area contributed by atoms with Crippen LogP contribution in [0.5, 0.6) is 11.6 Å². The third-order valence-corrected chi connectivity index (χ3v) is 3.58. The Balaban J connectivity index is 2.44. The lowest BCUT2D eigenvalue weighted by molar-refractivity contribution is 0.451. The second-order valence-corrected chi connectivity index (χ2v) is 5.90. The van der Waals surface area contributed by atoms with Gasteiger partial charge in [0.25, 0.3) is 0 Å². The number of nitrogens with zero attached hydrogens (tertiary/aromatic N) is 2. The van der Waals surface area contributed by atoms with E-state index in [2.05, 4.69) is 25.9 Å². The highest BCUT2D eigenvalue weighted by molar-refractivity contribution is 9.10. The van der Waals surface area contributed by atoms with Gasteiger partial charge in [0.15, 0.2) is 0 Å². The minimum atomic E-state index is 0.148. The number of ether oxygens (including phenoxy) is 1. The lowest BCUT2D eigenvalue weighted by Gasteiger charge is -2.14. The summed E-state index contributed by atoms with van der Waals surface area (Å²) in [7, 11) is 0. The molecule has 1 heterocycles. The van der Waals surface area contributed by atoms with Crippen LogP contribution in [0.3, 0.4) is 0 Å². The van der Waals surface area contributed by atoms with E-state index >= 15 is 0 Å². The van der Waals surface area contributed by atoms with Gasteiger partial charge in [-0.25, -0.2) is 9.97 Å². The second-order valence-electron chi connectivity index (χ2n) is 4.21. The van der Waals surface area contributed by atoms with E-state index in [0.29, 0.717) is 21.8 Å². The van der Waals surface area contributed by atoms with Gasteiger partial charge in [0.1, 0.15) is 17.2 Å². The first kappa shape index (κ1) is 14.6. The highest BCUT2D eigenvalue weighted by atomic mass is 79.9. The van der Waals surface area contributed by atoms with E-state index in [1.807, 2.05) is 19.9 Å². The van der Waals surface area contributed by atoms with Crippen LogP contribution in [-0.4, -0.2) is 9.97 Å². The molecule has 1 aromatic carbocycles. The number of rotatable bonds is 3. The van der Waals surface area contributed by atoms with Crippen molar-refractivity contribution in [1.29, 1.82) is 0 Å². The largest absolute Gasteiger partial charge is 0.437 e. The molecule has 0 aliphatic heterocycles. The average molecular weight is 362 g/mol. The van der Waals surface area contributed by atoms with E-state index in [9.17, 15) is 0 Å². The van der Waals surface area contributed by atoms with E-state index in [0.717, 1.165) is 10.0 Å². The smallest absolute Gasteiger partial charge is 0.227 e. The minimum Gasteiger partial charge on any atom is -0.437 e. The maximum atomic E-state index is 6.10. The van der Waals surface area contributed by atoms with Crippen molar-refractivity contribution < 1.29 is 4.74 Å². The van der Waals surface area contributed by atoms with Crippen LogP contribution in [0.15, 0.2) is 29.0 Å². The summed E-state index contributed by atoms with van der Waals surface area (Å²) in [4.78, 5) is 8.11. The molecule has 2 rings (SSSR count). The van der Waals surface area contributed by atoms with E-state index in [4.69, 9.17) is 27.9 Å². The van der Waals surface area contributed by atoms with Gasteiger partial charge in [-0.2, -0.15) is 0 Å². The summed E-state index contributed by atoms with van der Waals surface area (Å²) in [5.41, 5.74) is 0.764. The third-order valence-electron chi connectivity index (χ3n) is 2.48. The van der Waals surface area contributed by atoms with Gasteiger partial charge in [-0.05, 0) is 24.1 Å². The molecule has 0 saturated carbocycles. The summed E-state index contributed by atoms with van der Waals surface area (Å²) in [5, 5.41) is 0.902. The molecule has 0 atom stereocenters. The molecular formula is C13H11BrCl2N2O. The molecule has 1 aromatic heterocycles. The van der Waals surface area contributed by atoms with Crippen LogP contribution in [0.25, 0.3) is 0 Å². The monoisotopic (exact) mass is 360 g/mol. The molecule has 3 nitrogen and oxygen atoms in total. The zero-order valence-corrected chi connectivity index (χ0v) is 13.4. The number of hydrogen-bond acceptors (Lipinski definition) is 3. The SMILES string of the molecule is CC(C)c1c(Cl)ncnc1Oc1cc(Br)ccc1Cl. The van der Waals surface area contributed by atoms with Crippen molar-refractivity contribution in [2.24, 2.45) is 0 Å². The fourth-order valence-corrected chi connectivity index (χ4v) is 2.42. The van der Waals surface area contributed by atoms with Crippen molar-refractivity contribution in [1.82, 2.24) is 9.97 Å². The molecule has 0 unspecified atom stereocenters. The standard InChI is InChI=1S/C13H11BrCl2N2O/c1-7(2)11-12(16)17-6-18-13(11)19-10-5-8(14)3-4-9(10)15/h3-7H,1-2H3. The molecule has 0 bridgehead atoms. The number of hydrogen-bond donors (Lipinski definition) is 0. The Morgan fingerprint density at radius 2 is 1.95 bits per heavy atom. The molecule has 6 heteroatoms. The van der Waals surface area contributed by atoms with Crippen LogP contribution in [0.4, 0.5) is 0 Å². The van der Waals surface area contributed by atoms with Gasteiger partial charge in [0.05, 0.1) is 10.6 Å². The Morgan fingerprint density at radius 1 is 1.21 bits per heavy atom. The maximum absolute atomic E-state index is 6.10. The van der Waals surface area contributed by atoms with Crippen LogP contribution in [0, 0.1) is 0 Å². The molecule has 0 aliphatic rings. The Labute approximate surface area is 130 Å². The Bertz CT molecular complexity index is 605. The molecule has 2 aromatic rings. The van der Waals surface area contributed by atoms with Crippen molar-refractivity contribution >= 4 is 39.1 Å². The van der Waals surface area contributed by atoms with Crippen molar-refractivity contribution in [2.45, 2.75) is 19.8 Å². The fraction of sp³-hybridized carbons (Fsp3) is 0.231. The minimum absolute atomic E-state index is 0.148. The van der Waals surface area contributed by atoms with E-state index in [1.165, 1.54) is 6.33 Å². The first-order valence-electron chi connectivity index (χ1n) is 5.62. The topological polar surface area (TPSA) is 35.0 Å². The predicted octanol–water partition coefficient (Wildman–Crippen LogP) is 5.46. The maximum Gasteiger partial charge on any atom is 0.227 e. The van der Waals surface area contributed by atoms with Gasteiger partial charge in [-0.1, -0.05) is 53.0 Å². The van der Waals surface area contributed by atoms with Gasteiger partial charge in [-0.3, -0.25) is 0 Å². The van der Waals surface area contributed by atoms with Gasteiger partial charge < -0.3 is 4.74 Å². The van der Waals surface area contributed by atoms with E-state index in [-0.39, 0.29) is 5.92 Å². The van der Waals surface area contributed by atoms with Crippen molar-refractivity contribution in [3.8, 4) is 11.6 Å². The average Bonchev–Trinajstić information content (AvgIpc) is 2.33. The molecule has 0 aliphatic carbocycles. The molecule has 0 saturated heterocycles. The molecule has 0 spiro atoms. The lowest BCUT2D eigenvalue weighted by Crippen LogP contribution is -2.00. The molecule has 0 amide bonds. The second kappa shape index (κ2) is 6.07. The van der Waals surface area contributed by atoms with Gasteiger partial charge in [0, 0.05) is 4.47 Å². The molecule has 0 radical (unpaired) electrons. The summed E-state index contributed by atoms with van der Waals surface area (Å²) in [6.07, 6.45) is 1.37. The zero-order chi connectivity index (χ0) is 14.0. The van der Waals surface area contributed by atoms with Crippen LogP contribution in [0.1, 0.15) is 25.3 Å². The number of benzene rings is 1. The van der Waals surface area contributed by atoms with Gasteiger partial charge >= 0.3 is 0 Å². The summed E-state index contributed by atoms with van der Waals surface area (Å²) in [6, 6.07) is 5.37. The molecule has 0 fully saturated rings. The van der Waals surface area contributed by atoms with Crippen molar-refractivity contribution in [3.05, 3.63) is 44.7 Å². The van der Waals surface area contributed by atoms with Crippen molar-refractivity contribution in [3.63, 3.8) is 0 Å². The van der Waals surface area contributed by atoms with Crippen LogP contribution in [0.2, 0.25) is 10.2 Å². The summed E-state index contributed by atoms with van der Waals surface area (Å²) in [5.74, 6) is 1.09. The number of aromatic nitrogens is 2. The quantitative estimate of drug-likeness (QED) is 0.680. The van der Waals surface area contributed by atoms with E-state index in [1.54, 1.807) is 12.1 Å². The van der Waals surface area contributed by atoms with Crippen LogP contribution < -0.4 is 4.74 Å². The van der Waals surface area contributed by atoms with Gasteiger partial charge in [-0.15, -0.1) is 0 Å². The zero-order valence-electron chi connectivity index (χ0n) is 10.3. The molecule has 100 valence electrons. The van der Waals surface area contributed by atoms with Crippen LogP contribution in [-0.2, 0) is 0 Å². The first-order chi connectivity index (χ1) is 8.99. The highest BCUT2D eigenvalue weighted by Gasteiger charge is 2.16. The Hall–Kier alpha value is -0.840. The van der Waals surface area contributed by atoms with Crippen LogP contribution >= 0.6 is 39.1 Å². The first-order valence-corrected chi connectivity index (χ1v) is 7.17. The predicted molar refractivity (Wildman–Crippen MR) is 80.4 cm³/mol. The third kappa shape index (κ3) is 3.38. The highest BCUT2D eigenvalue weighted by Crippen LogP contribution is 2.36. The van der Waals surface area contributed by atoms with E-state index < -0.39 is 0 Å². The Morgan fingerprint density at radius 3 is 2.63 bits per heavy atom. The summed E-state index contributed by atoms with van der Waals surface area (Å²) in [6.45, 7) is 4.00. The molecule has 19 heavy (non-hydrogen) atoms. The normalized spacial score (nSPS) is 10.8. The summed E-state index contributed by atoms with van der Waals surface area (Å²) < 4.78 is 6.64. The van der Waals surface area contributed by atoms with Crippen molar-refractivity contribution in [2.75, 3.05) is 0 Å².